The lowest BCUT2D eigenvalue weighted by molar-refractivity contribution is 0.453. The molecule has 0 spiro atoms. The second kappa shape index (κ2) is 5.38. The van der Waals surface area contributed by atoms with Crippen molar-refractivity contribution in [2.75, 3.05) is 6.54 Å². The minimum atomic E-state index is 0.188. The van der Waals surface area contributed by atoms with Crippen molar-refractivity contribution in [2.45, 2.75) is 24.3 Å². The summed E-state index contributed by atoms with van der Waals surface area (Å²) in [5.74, 6) is 0. The summed E-state index contributed by atoms with van der Waals surface area (Å²) in [6, 6.07) is 8.37. The average molecular weight is 248 g/mol. The van der Waals surface area contributed by atoms with Crippen LogP contribution in [0.1, 0.15) is 22.1 Å². The minimum Gasteiger partial charge on any atom is -0.440 e. The summed E-state index contributed by atoms with van der Waals surface area (Å²) in [6.07, 6.45) is 1.66. The Balaban J connectivity index is 2.16. The van der Waals surface area contributed by atoms with Gasteiger partial charge in [0.25, 0.3) is 5.22 Å². The number of nitrogens with zero attached hydrogens (tertiary/aromatic N) is 1. The fraction of sp³-hybridized carbons (Fsp3) is 0.308. The highest BCUT2D eigenvalue weighted by atomic mass is 32.2. The fourth-order valence-electron chi connectivity index (χ4n) is 1.63. The summed E-state index contributed by atoms with van der Waals surface area (Å²) in [5.41, 5.74) is 9.17. The molecule has 0 fully saturated rings. The monoisotopic (exact) mass is 248 g/mol. The lowest BCUT2D eigenvalue weighted by atomic mass is 10.1. The highest BCUT2D eigenvalue weighted by molar-refractivity contribution is 7.99. The number of aryl methyl sites for hydroxylation is 2. The van der Waals surface area contributed by atoms with Crippen molar-refractivity contribution in [1.82, 2.24) is 4.98 Å². The molecule has 0 aliphatic heterocycles. The zero-order valence-corrected chi connectivity index (χ0v) is 10.8. The van der Waals surface area contributed by atoms with E-state index < -0.39 is 0 Å². The van der Waals surface area contributed by atoms with Gasteiger partial charge in [0.05, 0.1) is 10.9 Å². The van der Waals surface area contributed by atoms with Crippen LogP contribution in [0, 0.1) is 13.8 Å². The van der Waals surface area contributed by atoms with Crippen LogP contribution in [0.3, 0.4) is 0 Å². The van der Waals surface area contributed by atoms with Gasteiger partial charge in [0.2, 0.25) is 0 Å². The first-order chi connectivity index (χ1) is 8.19. The van der Waals surface area contributed by atoms with Crippen LogP contribution in [0.25, 0.3) is 0 Å². The van der Waals surface area contributed by atoms with Gasteiger partial charge in [0, 0.05) is 6.54 Å². The number of thioether (sulfide) groups is 1. The third kappa shape index (κ3) is 3.11. The van der Waals surface area contributed by atoms with E-state index in [0.29, 0.717) is 11.8 Å². The van der Waals surface area contributed by atoms with Gasteiger partial charge in [-0.15, -0.1) is 0 Å². The maximum Gasteiger partial charge on any atom is 0.256 e. The Labute approximate surface area is 105 Å². The third-order valence-corrected chi connectivity index (χ3v) is 3.61. The molecule has 1 unspecified atom stereocenters. The van der Waals surface area contributed by atoms with E-state index in [1.54, 1.807) is 18.0 Å². The van der Waals surface area contributed by atoms with Crippen LogP contribution in [0.2, 0.25) is 0 Å². The van der Waals surface area contributed by atoms with Crippen molar-refractivity contribution in [3.8, 4) is 0 Å². The SMILES string of the molecule is Cc1cccc(C(CN)Sc2nc(C)co2)c1. The molecular weight excluding hydrogens is 232 g/mol. The van der Waals surface area contributed by atoms with Crippen LogP contribution >= 0.6 is 11.8 Å². The molecule has 0 aliphatic rings. The Bertz CT molecular complexity index is 496. The Morgan fingerprint density at radius 2 is 2.24 bits per heavy atom. The van der Waals surface area contributed by atoms with E-state index in [0.717, 1.165) is 5.69 Å². The molecule has 4 heteroatoms. The van der Waals surface area contributed by atoms with Gasteiger partial charge in [0.1, 0.15) is 6.26 Å². The van der Waals surface area contributed by atoms with Crippen LogP contribution in [0.5, 0.6) is 0 Å². The van der Waals surface area contributed by atoms with E-state index in [4.69, 9.17) is 10.2 Å². The summed E-state index contributed by atoms with van der Waals surface area (Å²) in [5, 5.41) is 0.868. The van der Waals surface area contributed by atoms with Crippen molar-refractivity contribution in [3.05, 3.63) is 47.3 Å². The van der Waals surface area contributed by atoms with Gasteiger partial charge in [-0.2, -0.15) is 0 Å². The number of benzene rings is 1. The minimum absolute atomic E-state index is 0.188. The van der Waals surface area contributed by atoms with E-state index in [-0.39, 0.29) is 5.25 Å². The van der Waals surface area contributed by atoms with Gasteiger partial charge in [-0.05, 0) is 19.4 Å². The van der Waals surface area contributed by atoms with Gasteiger partial charge >= 0.3 is 0 Å². The first kappa shape index (κ1) is 12.2. The Hall–Kier alpha value is -1.26. The molecule has 1 aromatic heterocycles. The summed E-state index contributed by atoms with van der Waals surface area (Å²) in [6.45, 7) is 4.56. The van der Waals surface area contributed by atoms with Crippen LogP contribution in [-0.4, -0.2) is 11.5 Å². The normalized spacial score (nSPS) is 12.6. The number of hydrogen-bond acceptors (Lipinski definition) is 4. The lowest BCUT2D eigenvalue weighted by Gasteiger charge is -2.12. The zero-order chi connectivity index (χ0) is 12.3. The van der Waals surface area contributed by atoms with Gasteiger partial charge in [-0.1, -0.05) is 41.6 Å². The summed E-state index contributed by atoms with van der Waals surface area (Å²) in [4.78, 5) is 4.29. The largest absolute Gasteiger partial charge is 0.440 e. The molecule has 90 valence electrons. The topological polar surface area (TPSA) is 52.0 Å². The van der Waals surface area contributed by atoms with Crippen LogP contribution in [0.15, 0.2) is 40.2 Å². The average Bonchev–Trinajstić information content (AvgIpc) is 2.72. The summed E-state index contributed by atoms with van der Waals surface area (Å²) in [7, 11) is 0. The second-order valence-corrected chi connectivity index (χ2v) is 5.17. The van der Waals surface area contributed by atoms with Crippen molar-refractivity contribution in [1.29, 1.82) is 0 Å². The predicted molar refractivity (Wildman–Crippen MR) is 70.1 cm³/mol. The van der Waals surface area contributed by atoms with Crippen molar-refractivity contribution in [3.63, 3.8) is 0 Å². The highest BCUT2D eigenvalue weighted by Gasteiger charge is 2.14. The molecule has 0 saturated heterocycles. The quantitative estimate of drug-likeness (QED) is 0.845. The molecule has 17 heavy (non-hydrogen) atoms. The summed E-state index contributed by atoms with van der Waals surface area (Å²) >= 11 is 1.57. The molecule has 2 N–H and O–H groups in total. The molecular formula is C13H16N2OS. The summed E-state index contributed by atoms with van der Waals surface area (Å²) < 4.78 is 5.34. The predicted octanol–water partition coefficient (Wildman–Crippen LogP) is 3.08. The molecule has 0 amide bonds. The van der Waals surface area contributed by atoms with Crippen molar-refractivity contribution < 1.29 is 4.42 Å². The Morgan fingerprint density at radius 3 is 2.82 bits per heavy atom. The van der Waals surface area contributed by atoms with Gasteiger partial charge in [-0.3, -0.25) is 0 Å². The van der Waals surface area contributed by atoms with Gasteiger partial charge < -0.3 is 10.2 Å². The standard InChI is InChI=1S/C13H16N2OS/c1-9-4-3-5-11(6-9)12(7-14)17-13-15-10(2)8-16-13/h3-6,8,12H,7,14H2,1-2H3. The second-order valence-electron chi connectivity index (χ2n) is 4.01. The molecule has 1 heterocycles. The first-order valence-electron chi connectivity index (χ1n) is 5.54. The first-order valence-corrected chi connectivity index (χ1v) is 6.42. The van der Waals surface area contributed by atoms with E-state index in [2.05, 4.69) is 36.2 Å². The van der Waals surface area contributed by atoms with E-state index in [9.17, 15) is 0 Å². The van der Waals surface area contributed by atoms with Crippen molar-refractivity contribution >= 4 is 11.8 Å². The number of aromatic nitrogens is 1. The van der Waals surface area contributed by atoms with Crippen LogP contribution in [-0.2, 0) is 0 Å². The molecule has 1 aromatic carbocycles. The number of nitrogens with two attached hydrogens (primary N) is 1. The smallest absolute Gasteiger partial charge is 0.256 e. The van der Waals surface area contributed by atoms with Crippen molar-refractivity contribution in [2.24, 2.45) is 5.73 Å². The molecule has 0 radical (unpaired) electrons. The van der Waals surface area contributed by atoms with E-state index in [1.807, 2.05) is 6.92 Å². The van der Waals surface area contributed by atoms with E-state index in [1.165, 1.54) is 11.1 Å². The zero-order valence-electron chi connectivity index (χ0n) is 10.0. The molecule has 2 rings (SSSR count). The third-order valence-electron chi connectivity index (χ3n) is 2.47. The molecule has 0 bridgehead atoms. The maximum absolute atomic E-state index is 5.82. The van der Waals surface area contributed by atoms with Crippen LogP contribution in [0.4, 0.5) is 0 Å². The highest BCUT2D eigenvalue weighted by Crippen LogP contribution is 2.33. The Kier molecular flexibility index (Phi) is 3.86. The molecule has 3 nitrogen and oxygen atoms in total. The van der Waals surface area contributed by atoms with Gasteiger partial charge in [0.15, 0.2) is 0 Å². The fourth-order valence-corrected chi connectivity index (χ4v) is 2.55. The van der Waals surface area contributed by atoms with E-state index >= 15 is 0 Å². The molecule has 0 aliphatic carbocycles. The maximum atomic E-state index is 5.82. The van der Waals surface area contributed by atoms with Gasteiger partial charge in [-0.25, -0.2) is 4.98 Å². The number of oxazole rings is 1. The molecule has 1 atom stereocenters. The molecule has 0 saturated carbocycles. The Morgan fingerprint density at radius 1 is 1.41 bits per heavy atom. The number of rotatable bonds is 4. The molecule has 2 aromatic rings. The lowest BCUT2D eigenvalue weighted by Crippen LogP contribution is -2.09. The van der Waals surface area contributed by atoms with Crippen LogP contribution < -0.4 is 5.73 Å². The number of hydrogen-bond donors (Lipinski definition) is 1.